The van der Waals surface area contributed by atoms with Gasteiger partial charge in [-0.15, -0.1) is 5.10 Å². The first-order valence-electron chi connectivity index (χ1n) is 10.3. The summed E-state index contributed by atoms with van der Waals surface area (Å²) in [7, 11) is 0. The molecule has 1 aliphatic rings. The second-order valence-electron chi connectivity index (χ2n) is 9.98. The summed E-state index contributed by atoms with van der Waals surface area (Å²) in [6.45, 7) is 12.4. The zero-order chi connectivity index (χ0) is 21.0. The van der Waals surface area contributed by atoms with Gasteiger partial charge >= 0.3 is 0 Å². The summed E-state index contributed by atoms with van der Waals surface area (Å²) in [4.78, 5) is 13.5. The van der Waals surface area contributed by atoms with E-state index in [4.69, 9.17) is 0 Å². The quantitative estimate of drug-likeness (QED) is 0.544. The summed E-state index contributed by atoms with van der Waals surface area (Å²) >= 11 is 0. The summed E-state index contributed by atoms with van der Waals surface area (Å²) in [6.07, 6.45) is 0.679. The molecule has 0 saturated heterocycles. The number of hydrogen-bond donors (Lipinski definition) is 0. The number of fused-ring (bicyclic) bond motifs is 5. The van der Waals surface area contributed by atoms with Crippen LogP contribution in [0.3, 0.4) is 0 Å². The van der Waals surface area contributed by atoms with Gasteiger partial charge in [0.2, 0.25) is 0 Å². The minimum Gasteiger partial charge on any atom is -0.298 e. The van der Waals surface area contributed by atoms with Crippen LogP contribution in [0.1, 0.15) is 58.6 Å². The van der Waals surface area contributed by atoms with Crippen LogP contribution in [0, 0.1) is 5.41 Å². The molecule has 0 N–H and O–H groups in total. The van der Waals surface area contributed by atoms with E-state index in [1.165, 1.54) is 5.56 Å². The van der Waals surface area contributed by atoms with Gasteiger partial charge in [0.25, 0.3) is 0 Å². The summed E-state index contributed by atoms with van der Waals surface area (Å²) < 4.78 is 2.02. The van der Waals surface area contributed by atoms with E-state index in [1.807, 2.05) is 37.6 Å². The van der Waals surface area contributed by atoms with Crippen LogP contribution in [0.2, 0.25) is 0 Å². The Bertz CT molecular complexity index is 1080. The Hall–Kier alpha value is -2.75. The number of carbonyl (C=O) groups is 1. The normalized spacial score (nSPS) is 16.3. The molecule has 4 heteroatoms. The van der Waals surface area contributed by atoms with Crippen molar-refractivity contribution in [3.8, 4) is 22.5 Å². The Morgan fingerprint density at radius 3 is 2.21 bits per heavy atom. The average molecular weight is 388 g/mol. The van der Waals surface area contributed by atoms with E-state index < -0.39 is 5.41 Å². The van der Waals surface area contributed by atoms with Gasteiger partial charge in [-0.1, -0.05) is 74.5 Å². The molecule has 1 aromatic heterocycles. The van der Waals surface area contributed by atoms with Crippen molar-refractivity contribution in [1.82, 2.24) is 15.0 Å². The van der Waals surface area contributed by atoms with Crippen LogP contribution in [0.4, 0.5) is 0 Å². The van der Waals surface area contributed by atoms with Gasteiger partial charge in [-0.25, -0.2) is 4.68 Å². The summed E-state index contributed by atoms with van der Waals surface area (Å²) in [5, 5.41) is 9.17. The fourth-order valence-electron chi connectivity index (χ4n) is 4.21. The zero-order valence-electron chi connectivity index (χ0n) is 18.2. The molecule has 29 heavy (non-hydrogen) atoms. The maximum absolute atomic E-state index is 13.5. The fourth-order valence-corrected chi connectivity index (χ4v) is 4.21. The van der Waals surface area contributed by atoms with Crippen molar-refractivity contribution in [1.29, 1.82) is 0 Å². The predicted octanol–water partition coefficient (Wildman–Crippen LogP) is 5.62. The fraction of sp³-hybridized carbons (Fsp3) is 0.400. The van der Waals surface area contributed by atoms with Crippen molar-refractivity contribution in [2.75, 3.05) is 0 Å². The van der Waals surface area contributed by atoms with E-state index >= 15 is 0 Å². The lowest BCUT2D eigenvalue weighted by molar-refractivity contribution is -0.127. The highest BCUT2D eigenvalue weighted by molar-refractivity contribution is 5.94. The SMILES string of the molecule is CC(C)(C)C(=O)C1Cc2ccccc2-c2c(nnn2C(C)(C)C)-c2ccccc21. The highest BCUT2D eigenvalue weighted by Gasteiger charge is 2.36. The van der Waals surface area contributed by atoms with Crippen molar-refractivity contribution < 1.29 is 4.79 Å². The first kappa shape index (κ1) is 19.6. The highest BCUT2D eigenvalue weighted by Crippen LogP contribution is 2.44. The third-order valence-corrected chi connectivity index (χ3v) is 5.65. The van der Waals surface area contributed by atoms with Gasteiger partial charge in [0, 0.05) is 22.5 Å². The largest absolute Gasteiger partial charge is 0.298 e. The smallest absolute Gasteiger partial charge is 0.145 e. The maximum Gasteiger partial charge on any atom is 0.145 e. The molecule has 0 radical (unpaired) electrons. The Kier molecular flexibility index (Phi) is 4.49. The molecule has 0 fully saturated rings. The number of benzene rings is 2. The number of rotatable bonds is 1. The van der Waals surface area contributed by atoms with Crippen LogP contribution in [0.5, 0.6) is 0 Å². The molecule has 0 spiro atoms. The topological polar surface area (TPSA) is 47.8 Å². The van der Waals surface area contributed by atoms with Crippen LogP contribution in [0.25, 0.3) is 22.5 Å². The molecule has 1 atom stereocenters. The van der Waals surface area contributed by atoms with E-state index in [0.717, 1.165) is 28.1 Å². The molecule has 4 rings (SSSR count). The lowest BCUT2D eigenvalue weighted by Crippen LogP contribution is -2.29. The Morgan fingerprint density at radius 1 is 0.931 bits per heavy atom. The molecule has 0 bridgehead atoms. The molecular formula is C25H29N3O. The third-order valence-electron chi connectivity index (χ3n) is 5.65. The number of Topliss-reactive ketones (excluding diaryl/α,β-unsaturated/α-hetero) is 1. The number of carbonyl (C=O) groups excluding carboxylic acids is 1. The summed E-state index contributed by atoms with van der Waals surface area (Å²) in [5.41, 5.74) is 5.60. The molecule has 150 valence electrons. The number of nitrogens with zero attached hydrogens (tertiary/aromatic N) is 3. The summed E-state index contributed by atoms with van der Waals surface area (Å²) in [5.74, 6) is 0.0479. The second-order valence-corrected chi connectivity index (χ2v) is 9.98. The van der Waals surface area contributed by atoms with Crippen molar-refractivity contribution >= 4 is 5.78 Å². The van der Waals surface area contributed by atoms with Crippen LogP contribution in [-0.2, 0) is 16.8 Å². The van der Waals surface area contributed by atoms with Gasteiger partial charge < -0.3 is 0 Å². The predicted molar refractivity (Wildman–Crippen MR) is 117 cm³/mol. The summed E-state index contributed by atoms with van der Waals surface area (Å²) in [6, 6.07) is 16.6. The molecule has 0 saturated carbocycles. The lowest BCUT2D eigenvalue weighted by atomic mass is 9.74. The van der Waals surface area contributed by atoms with E-state index in [2.05, 4.69) is 67.5 Å². The number of hydrogen-bond acceptors (Lipinski definition) is 3. The van der Waals surface area contributed by atoms with Gasteiger partial charge in [-0.3, -0.25) is 4.79 Å². The van der Waals surface area contributed by atoms with Crippen LogP contribution >= 0.6 is 0 Å². The monoisotopic (exact) mass is 387 g/mol. The molecule has 1 unspecified atom stereocenters. The van der Waals surface area contributed by atoms with Crippen LogP contribution in [-0.4, -0.2) is 20.8 Å². The van der Waals surface area contributed by atoms with Crippen molar-refractivity contribution in [3.63, 3.8) is 0 Å². The Labute approximate surface area is 173 Å². The maximum atomic E-state index is 13.5. The number of ketones is 1. The highest BCUT2D eigenvalue weighted by atomic mass is 16.1. The first-order valence-corrected chi connectivity index (χ1v) is 10.3. The van der Waals surface area contributed by atoms with Crippen LogP contribution < -0.4 is 0 Å². The van der Waals surface area contributed by atoms with E-state index in [9.17, 15) is 4.79 Å². The van der Waals surface area contributed by atoms with Crippen molar-refractivity contribution in [2.24, 2.45) is 5.41 Å². The van der Waals surface area contributed by atoms with Gasteiger partial charge in [0.15, 0.2) is 0 Å². The third kappa shape index (κ3) is 3.31. The Morgan fingerprint density at radius 2 is 1.55 bits per heavy atom. The van der Waals surface area contributed by atoms with Gasteiger partial charge in [0.05, 0.1) is 11.2 Å². The molecular weight excluding hydrogens is 358 g/mol. The number of aromatic nitrogens is 3. The van der Waals surface area contributed by atoms with Gasteiger partial charge in [-0.05, 0) is 38.3 Å². The van der Waals surface area contributed by atoms with E-state index in [0.29, 0.717) is 6.42 Å². The molecule has 0 aliphatic heterocycles. The molecule has 2 aromatic carbocycles. The minimum absolute atomic E-state index is 0.206. The molecule has 0 amide bonds. The van der Waals surface area contributed by atoms with Crippen LogP contribution in [0.15, 0.2) is 48.5 Å². The molecule has 3 aromatic rings. The standard InChI is InChI=1S/C25H29N3O/c1-24(2,3)23(29)20-15-16-11-7-8-12-17(16)22-21(19-14-10-9-13-18(19)20)26-27-28(22)25(4,5)6/h7-14,20H,15H2,1-6H3. The van der Waals surface area contributed by atoms with Gasteiger partial charge in [-0.2, -0.15) is 0 Å². The van der Waals surface area contributed by atoms with E-state index in [-0.39, 0.29) is 17.2 Å². The van der Waals surface area contributed by atoms with E-state index in [1.54, 1.807) is 0 Å². The lowest BCUT2D eigenvalue weighted by Gasteiger charge is -2.30. The average Bonchev–Trinajstić information content (AvgIpc) is 3.09. The first-order chi connectivity index (χ1) is 13.6. The minimum atomic E-state index is -0.419. The zero-order valence-corrected chi connectivity index (χ0v) is 18.2. The molecule has 4 nitrogen and oxygen atoms in total. The van der Waals surface area contributed by atoms with Gasteiger partial charge in [0.1, 0.15) is 11.5 Å². The second kappa shape index (κ2) is 6.65. The van der Waals surface area contributed by atoms with Crippen molar-refractivity contribution in [2.45, 2.75) is 59.4 Å². The molecule has 1 aliphatic carbocycles. The molecule has 1 heterocycles. The van der Waals surface area contributed by atoms with Crippen molar-refractivity contribution in [3.05, 3.63) is 59.7 Å². The Balaban J connectivity index is 2.07.